The highest BCUT2D eigenvalue weighted by atomic mass is 32.2. The van der Waals surface area contributed by atoms with Crippen molar-refractivity contribution in [3.05, 3.63) is 53.9 Å². The van der Waals surface area contributed by atoms with Gasteiger partial charge in [0, 0.05) is 45.1 Å². The molecule has 0 atom stereocenters. The summed E-state index contributed by atoms with van der Waals surface area (Å²) in [5.74, 6) is 0.603. The number of nitrogens with zero attached hydrogens (tertiary/aromatic N) is 4. The number of aromatic amines is 1. The second-order valence-electron chi connectivity index (χ2n) is 7.22. The number of hydrogen-bond acceptors (Lipinski definition) is 5. The highest BCUT2D eigenvalue weighted by molar-refractivity contribution is 7.99. The van der Waals surface area contributed by atoms with Crippen molar-refractivity contribution in [2.75, 3.05) is 31.9 Å². The lowest BCUT2D eigenvalue weighted by atomic mass is 10.2. The fraction of sp³-hybridized carbons (Fsp3) is 0.381. The van der Waals surface area contributed by atoms with E-state index in [0.29, 0.717) is 5.75 Å². The fourth-order valence-corrected chi connectivity index (χ4v) is 4.31. The number of benzene rings is 1. The van der Waals surface area contributed by atoms with Crippen molar-refractivity contribution in [1.82, 2.24) is 24.8 Å². The molecule has 3 heterocycles. The van der Waals surface area contributed by atoms with Gasteiger partial charge in [-0.15, -0.1) is 0 Å². The maximum atomic E-state index is 12.7. The molecule has 1 N–H and O–H groups in total. The normalized spacial score (nSPS) is 15.7. The van der Waals surface area contributed by atoms with Crippen molar-refractivity contribution in [3.8, 4) is 0 Å². The number of amides is 1. The van der Waals surface area contributed by atoms with Gasteiger partial charge < -0.3 is 9.88 Å². The molecular formula is C21H25N5OS. The fourth-order valence-electron chi connectivity index (χ4n) is 3.52. The van der Waals surface area contributed by atoms with Gasteiger partial charge >= 0.3 is 0 Å². The Labute approximate surface area is 169 Å². The number of thioether (sulfide) groups is 1. The molecule has 1 amide bonds. The van der Waals surface area contributed by atoms with E-state index in [1.54, 1.807) is 6.20 Å². The highest BCUT2D eigenvalue weighted by Gasteiger charge is 2.19. The standard InChI is InChI=1S/C21H25N5OS/c1-16-5-6-18-19(12-16)24-21(23-18)28-15-20(27)26-9-3-8-25(10-11-26)14-17-4-2-7-22-13-17/h2,4-7,12-13H,3,8-11,14-15H2,1H3,(H,23,24). The summed E-state index contributed by atoms with van der Waals surface area (Å²) in [7, 11) is 0. The zero-order valence-electron chi connectivity index (χ0n) is 16.1. The van der Waals surface area contributed by atoms with Crippen molar-refractivity contribution >= 4 is 28.7 Å². The van der Waals surface area contributed by atoms with Crippen LogP contribution < -0.4 is 0 Å². The summed E-state index contributed by atoms with van der Waals surface area (Å²) in [6.07, 6.45) is 4.72. The van der Waals surface area contributed by atoms with Crippen molar-refractivity contribution in [3.63, 3.8) is 0 Å². The Balaban J connectivity index is 1.29. The molecule has 0 bridgehead atoms. The van der Waals surface area contributed by atoms with Crippen molar-refractivity contribution in [1.29, 1.82) is 0 Å². The van der Waals surface area contributed by atoms with Crippen LogP contribution in [0.2, 0.25) is 0 Å². The highest BCUT2D eigenvalue weighted by Crippen LogP contribution is 2.21. The van der Waals surface area contributed by atoms with Gasteiger partial charge in [-0.3, -0.25) is 14.7 Å². The van der Waals surface area contributed by atoms with Crippen molar-refractivity contribution < 1.29 is 4.79 Å². The Morgan fingerprint density at radius 1 is 1.21 bits per heavy atom. The van der Waals surface area contributed by atoms with Crippen LogP contribution in [0, 0.1) is 6.92 Å². The van der Waals surface area contributed by atoms with Gasteiger partial charge in [0.05, 0.1) is 16.8 Å². The molecule has 1 fully saturated rings. The number of pyridine rings is 1. The third-order valence-corrected chi connectivity index (χ3v) is 5.88. The molecule has 2 aromatic heterocycles. The maximum Gasteiger partial charge on any atom is 0.233 e. The third kappa shape index (κ3) is 4.72. The first kappa shape index (κ1) is 19.0. The molecule has 3 aromatic rings. The molecule has 1 saturated heterocycles. The van der Waals surface area contributed by atoms with Gasteiger partial charge in [-0.25, -0.2) is 4.98 Å². The minimum Gasteiger partial charge on any atom is -0.341 e. The second-order valence-corrected chi connectivity index (χ2v) is 8.19. The zero-order valence-corrected chi connectivity index (χ0v) is 16.9. The Kier molecular flexibility index (Phi) is 5.92. The van der Waals surface area contributed by atoms with Crippen LogP contribution in [-0.2, 0) is 11.3 Å². The average Bonchev–Trinajstić information content (AvgIpc) is 2.96. The van der Waals surface area contributed by atoms with Gasteiger partial charge in [-0.05, 0) is 42.7 Å². The molecule has 4 rings (SSSR count). The molecule has 0 aliphatic carbocycles. The second kappa shape index (κ2) is 8.75. The molecule has 0 radical (unpaired) electrons. The summed E-state index contributed by atoms with van der Waals surface area (Å²) in [6, 6.07) is 10.2. The largest absolute Gasteiger partial charge is 0.341 e. The molecule has 0 saturated carbocycles. The number of fused-ring (bicyclic) bond motifs is 1. The van der Waals surface area contributed by atoms with E-state index in [1.807, 2.05) is 23.2 Å². The minimum absolute atomic E-state index is 0.185. The first-order valence-electron chi connectivity index (χ1n) is 9.65. The lowest BCUT2D eigenvalue weighted by Crippen LogP contribution is -2.36. The number of aryl methyl sites for hydroxylation is 1. The molecule has 1 aliphatic heterocycles. The molecule has 0 unspecified atom stereocenters. The molecule has 7 heteroatoms. The average molecular weight is 396 g/mol. The summed E-state index contributed by atoms with van der Waals surface area (Å²) in [6.45, 7) is 6.46. The summed E-state index contributed by atoms with van der Waals surface area (Å²) in [4.78, 5) is 29.2. The van der Waals surface area contributed by atoms with E-state index in [1.165, 1.54) is 22.9 Å². The van der Waals surface area contributed by atoms with E-state index in [0.717, 1.165) is 55.3 Å². The van der Waals surface area contributed by atoms with Crippen LogP contribution >= 0.6 is 11.8 Å². The maximum absolute atomic E-state index is 12.7. The summed E-state index contributed by atoms with van der Waals surface area (Å²) >= 11 is 1.48. The molecule has 0 spiro atoms. The van der Waals surface area contributed by atoms with E-state index in [4.69, 9.17) is 0 Å². The van der Waals surface area contributed by atoms with Gasteiger partial charge in [-0.1, -0.05) is 23.9 Å². The Bertz CT molecular complexity index is 942. The number of rotatable bonds is 5. The predicted molar refractivity (Wildman–Crippen MR) is 112 cm³/mol. The zero-order chi connectivity index (χ0) is 19.3. The van der Waals surface area contributed by atoms with Gasteiger partial charge in [0.2, 0.25) is 5.91 Å². The summed E-state index contributed by atoms with van der Waals surface area (Å²) in [5, 5.41) is 0.807. The van der Waals surface area contributed by atoms with E-state index >= 15 is 0 Å². The lowest BCUT2D eigenvalue weighted by Gasteiger charge is -2.21. The van der Waals surface area contributed by atoms with Crippen LogP contribution in [0.4, 0.5) is 0 Å². The lowest BCUT2D eigenvalue weighted by molar-refractivity contribution is -0.128. The first-order chi connectivity index (χ1) is 13.7. The van der Waals surface area contributed by atoms with Crippen LogP contribution in [0.5, 0.6) is 0 Å². The van der Waals surface area contributed by atoms with Gasteiger partial charge in [0.25, 0.3) is 0 Å². The van der Waals surface area contributed by atoms with Crippen LogP contribution in [0.3, 0.4) is 0 Å². The molecule has 28 heavy (non-hydrogen) atoms. The Morgan fingerprint density at radius 3 is 3.00 bits per heavy atom. The van der Waals surface area contributed by atoms with Gasteiger partial charge in [-0.2, -0.15) is 0 Å². The monoisotopic (exact) mass is 395 g/mol. The molecular weight excluding hydrogens is 370 g/mol. The number of hydrogen-bond donors (Lipinski definition) is 1. The van der Waals surface area contributed by atoms with Crippen LogP contribution in [0.25, 0.3) is 11.0 Å². The topological polar surface area (TPSA) is 65.1 Å². The van der Waals surface area contributed by atoms with E-state index in [2.05, 4.69) is 45.0 Å². The predicted octanol–water partition coefficient (Wildman–Crippen LogP) is 3.09. The van der Waals surface area contributed by atoms with Gasteiger partial charge in [0.15, 0.2) is 5.16 Å². The molecule has 1 aromatic carbocycles. The van der Waals surface area contributed by atoms with Gasteiger partial charge in [0.1, 0.15) is 0 Å². The van der Waals surface area contributed by atoms with Crippen LogP contribution in [0.1, 0.15) is 17.5 Å². The van der Waals surface area contributed by atoms with Crippen LogP contribution in [0.15, 0.2) is 47.9 Å². The number of nitrogens with one attached hydrogen (secondary N) is 1. The smallest absolute Gasteiger partial charge is 0.233 e. The molecule has 146 valence electrons. The number of carbonyl (C=O) groups is 1. The number of carbonyl (C=O) groups excluding carboxylic acids is 1. The minimum atomic E-state index is 0.185. The number of aromatic nitrogens is 3. The van der Waals surface area contributed by atoms with Crippen molar-refractivity contribution in [2.24, 2.45) is 0 Å². The molecule has 1 aliphatic rings. The van der Waals surface area contributed by atoms with E-state index in [-0.39, 0.29) is 5.91 Å². The first-order valence-corrected chi connectivity index (χ1v) is 10.6. The third-order valence-electron chi connectivity index (χ3n) is 5.02. The number of H-pyrrole nitrogens is 1. The quantitative estimate of drug-likeness (QED) is 0.673. The molecule has 6 nitrogen and oxygen atoms in total. The number of imidazole rings is 1. The van der Waals surface area contributed by atoms with Crippen molar-refractivity contribution in [2.45, 2.75) is 25.0 Å². The Hall–Kier alpha value is -2.38. The SMILES string of the molecule is Cc1ccc2nc(SCC(=O)N3CCCN(Cc4cccnc4)CC3)[nH]c2c1. The van der Waals surface area contributed by atoms with E-state index in [9.17, 15) is 4.79 Å². The summed E-state index contributed by atoms with van der Waals surface area (Å²) < 4.78 is 0. The summed E-state index contributed by atoms with van der Waals surface area (Å²) in [5.41, 5.74) is 4.39. The van der Waals surface area contributed by atoms with Crippen LogP contribution in [-0.4, -0.2) is 62.6 Å². The Morgan fingerprint density at radius 2 is 2.14 bits per heavy atom. The van der Waals surface area contributed by atoms with E-state index < -0.39 is 0 Å².